The van der Waals surface area contributed by atoms with Crippen molar-refractivity contribution in [3.63, 3.8) is 0 Å². The van der Waals surface area contributed by atoms with Crippen LogP contribution in [0.25, 0.3) is 0 Å². The third-order valence-electron chi connectivity index (χ3n) is 5.19. The van der Waals surface area contributed by atoms with E-state index in [1.165, 1.54) is 18.5 Å². The van der Waals surface area contributed by atoms with Crippen molar-refractivity contribution >= 4 is 5.69 Å². The lowest BCUT2D eigenvalue weighted by Crippen LogP contribution is -2.37. The van der Waals surface area contributed by atoms with E-state index < -0.39 is 0 Å². The summed E-state index contributed by atoms with van der Waals surface area (Å²) in [6, 6.07) is 16.1. The van der Waals surface area contributed by atoms with Crippen molar-refractivity contribution < 1.29 is 14.2 Å². The zero-order valence-electron chi connectivity index (χ0n) is 15.7. The van der Waals surface area contributed by atoms with Gasteiger partial charge in [-0.1, -0.05) is 12.1 Å². The van der Waals surface area contributed by atoms with Crippen LogP contribution in [0.3, 0.4) is 0 Å². The highest BCUT2D eigenvalue weighted by Gasteiger charge is 2.20. The number of anilines is 1. The molecule has 2 aromatic rings. The molecular formula is C22H26N2O3. The standard InChI is InChI=1S/C22H26N2O3/c1-25-19-8-6-18(7-9-19)24-12-10-17(11-13-24)14-23-15-20-16-26-21-4-2-3-5-22(21)27-20/h2-9,16-17,23H,10-15H2,1H3. The van der Waals surface area contributed by atoms with Crippen LogP contribution in [-0.4, -0.2) is 33.3 Å². The first-order valence-corrected chi connectivity index (χ1v) is 9.54. The van der Waals surface area contributed by atoms with Crippen LogP contribution in [0.5, 0.6) is 17.2 Å². The molecule has 0 aromatic heterocycles. The van der Waals surface area contributed by atoms with Gasteiger partial charge in [-0.15, -0.1) is 0 Å². The molecule has 0 spiro atoms. The fraction of sp³-hybridized carbons (Fsp3) is 0.364. The molecule has 0 bridgehead atoms. The van der Waals surface area contributed by atoms with E-state index in [0.717, 1.165) is 42.6 Å². The molecule has 0 saturated carbocycles. The van der Waals surface area contributed by atoms with Gasteiger partial charge in [0, 0.05) is 18.8 Å². The smallest absolute Gasteiger partial charge is 0.169 e. The van der Waals surface area contributed by atoms with Crippen LogP contribution in [0.15, 0.2) is 60.6 Å². The van der Waals surface area contributed by atoms with Gasteiger partial charge < -0.3 is 24.4 Å². The second-order valence-corrected chi connectivity index (χ2v) is 7.01. The van der Waals surface area contributed by atoms with Crippen LogP contribution in [0.4, 0.5) is 5.69 Å². The molecule has 1 saturated heterocycles. The molecule has 0 atom stereocenters. The second-order valence-electron chi connectivity index (χ2n) is 7.01. The van der Waals surface area contributed by atoms with E-state index in [0.29, 0.717) is 12.5 Å². The monoisotopic (exact) mass is 366 g/mol. The van der Waals surface area contributed by atoms with Gasteiger partial charge >= 0.3 is 0 Å². The van der Waals surface area contributed by atoms with E-state index in [2.05, 4.69) is 22.3 Å². The van der Waals surface area contributed by atoms with Gasteiger partial charge in [0.05, 0.1) is 13.7 Å². The van der Waals surface area contributed by atoms with Gasteiger partial charge in [0.2, 0.25) is 0 Å². The number of para-hydroxylation sites is 2. The number of nitrogens with one attached hydrogen (secondary N) is 1. The Morgan fingerprint density at radius 1 is 1.04 bits per heavy atom. The lowest BCUT2D eigenvalue weighted by Gasteiger charge is -2.34. The predicted octanol–water partition coefficient (Wildman–Crippen LogP) is 3.81. The van der Waals surface area contributed by atoms with Gasteiger partial charge in [-0.25, -0.2) is 0 Å². The number of piperidine rings is 1. The summed E-state index contributed by atoms with van der Waals surface area (Å²) in [4.78, 5) is 2.45. The van der Waals surface area contributed by atoms with Crippen LogP contribution in [0.2, 0.25) is 0 Å². The van der Waals surface area contributed by atoms with Crippen LogP contribution >= 0.6 is 0 Å². The molecule has 142 valence electrons. The summed E-state index contributed by atoms with van der Waals surface area (Å²) < 4.78 is 16.7. The zero-order valence-corrected chi connectivity index (χ0v) is 15.7. The van der Waals surface area contributed by atoms with Gasteiger partial charge in [-0.05, 0) is 61.7 Å². The van der Waals surface area contributed by atoms with Crippen molar-refractivity contribution in [1.82, 2.24) is 5.32 Å². The minimum Gasteiger partial charge on any atom is -0.497 e. The van der Waals surface area contributed by atoms with E-state index in [-0.39, 0.29) is 0 Å². The lowest BCUT2D eigenvalue weighted by atomic mass is 9.96. The molecular weight excluding hydrogens is 340 g/mol. The van der Waals surface area contributed by atoms with Crippen molar-refractivity contribution in [2.24, 2.45) is 5.92 Å². The Labute approximate surface area is 160 Å². The summed E-state index contributed by atoms with van der Waals surface area (Å²) in [7, 11) is 1.70. The molecule has 0 radical (unpaired) electrons. The van der Waals surface area contributed by atoms with E-state index in [9.17, 15) is 0 Å². The van der Waals surface area contributed by atoms with Crippen molar-refractivity contribution in [2.45, 2.75) is 12.8 Å². The molecule has 27 heavy (non-hydrogen) atoms. The molecule has 0 unspecified atom stereocenters. The Bertz CT molecular complexity index is 780. The molecule has 2 aliphatic rings. The van der Waals surface area contributed by atoms with Crippen molar-refractivity contribution in [3.8, 4) is 17.2 Å². The molecule has 0 aliphatic carbocycles. The number of hydrogen-bond donors (Lipinski definition) is 1. The van der Waals surface area contributed by atoms with Crippen molar-refractivity contribution in [1.29, 1.82) is 0 Å². The first kappa shape index (κ1) is 17.7. The van der Waals surface area contributed by atoms with E-state index in [1.807, 2.05) is 36.4 Å². The normalized spacial score (nSPS) is 16.8. The molecule has 4 rings (SSSR count). The largest absolute Gasteiger partial charge is 0.497 e. The number of nitrogens with zero attached hydrogens (tertiary/aromatic N) is 1. The van der Waals surface area contributed by atoms with Crippen LogP contribution in [0, 0.1) is 5.92 Å². The summed E-state index contributed by atoms with van der Waals surface area (Å²) in [5.74, 6) is 3.97. The highest BCUT2D eigenvalue weighted by atomic mass is 16.6. The summed E-state index contributed by atoms with van der Waals surface area (Å²) in [6.45, 7) is 3.87. The van der Waals surface area contributed by atoms with Gasteiger partial charge in [-0.2, -0.15) is 0 Å². The molecule has 1 fully saturated rings. The number of rotatable bonds is 6. The van der Waals surface area contributed by atoms with E-state index in [1.54, 1.807) is 13.4 Å². The Hall–Kier alpha value is -2.66. The summed E-state index contributed by atoms with van der Waals surface area (Å²) in [6.07, 6.45) is 4.08. The molecule has 0 amide bonds. The SMILES string of the molecule is COc1ccc(N2CCC(CNCC3=COc4ccccc4O3)CC2)cc1. The third-order valence-corrected chi connectivity index (χ3v) is 5.19. The molecule has 5 nitrogen and oxygen atoms in total. The fourth-order valence-corrected chi connectivity index (χ4v) is 3.59. The van der Waals surface area contributed by atoms with Crippen LogP contribution < -0.4 is 24.4 Å². The highest BCUT2D eigenvalue weighted by molar-refractivity contribution is 5.49. The summed E-state index contributed by atoms with van der Waals surface area (Å²) in [5, 5.41) is 3.52. The molecule has 2 heterocycles. The molecule has 5 heteroatoms. The Balaban J connectivity index is 1.19. The molecule has 1 N–H and O–H groups in total. The number of methoxy groups -OCH3 is 1. The van der Waals surface area contributed by atoms with Gasteiger partial charge in [0.1, 0.15) is 12.0 Å². The van der Waals surface area contributed by atoms with Gasteiger partial charge in [-0.3, -0.25) is 0 Å². The van der Waals surface area contributed by atoms with Gasteiger partial charge in [0.15, 0.2) is 17.3 Å². The third kappa shape index (κ3) is 4.37. The Morgan fingerprint density at radius 2 is 1.78 bits per heavy atom. The summed E-state index contributed by atoms with van der Waals surface area (Å²) >= 11 is 0. The first-order valence-electron chi connectivity index (χ1n) is 9.54. The van der Waals surface area contributed by atoms with Crippen molar-refractivity contribution in [3.05, 3.63) is 60.6 Å². The Morgan fingerprint density at radius 3 is 2.52 bits per heavy atom. The maximum Gasteiger partial charge on any atom is 0.169 e. The minimum absolute atomic E-state index is 0.688. The quantitative estimate of drug-likeness (QED) is 0.842. The number of benzene rings is 2. The predicted molar refractivity (Wildman–Crippen MR) is 107 cm³/mol. The van der Waals surface area contributed by atoms with E-state index >= 15 is 0 Å². The van der Waals surface area contributed by atoms with E-state index in [4.69, 9.17) is 14.2 Å². The first-order chi connectivity index (χ1) is 13.3. The van der Waals surface area contributed by atoms with Crippen LogP contribution in [-0.2, 0) is 0 Å². The lowest BCUT2D eigenvalue weighted by molar-refractivity contribution is 0.307. The maximum absolute atomic E-state index is 5.87. The van der Waals surface area contributed by atoms with Crippen LogP contribution in [0.1, 0.15) is 12.8 Å². The average Bonchev–Trinajstić information content (AvgIpc) is 2.74. The second kappa shape index (κ2) is 8.35. The minimum atomic E-state index is 0.688. The fourth-order valence-electron chi connectivity index (χ4n) is 3.59. The maximum atomic E-state index is 5.87. The Kier molecular flexibility index (Phi) is 5.49. The molecule has 2 aromatic carbocycles. The topological polar surface area (TPSA) is 43.0 Å². The zero-order chi connectivity index (χ0) is 18.5. The number of ether oxygens (including phenoxy) is 3. The summed E-state index contributed by atoms with van der Waals surface area (Å²) in [5.41, 5.74) is 1.28. The number of hydrogen-bond acceptors (Lipinski definition) is 5. The molecule has 2 aliphatic heterocycles. The van der Waals surface area contributed by atoms with Gasteiger partial charge in [0.25, 0.3) is 0 Å². The van der Waals surface area contributed by atoms with Crippen molar-refractivity contribution in [2.75, 3.05) is 38.2 Å². The number of fused-ring (bicyclic) bond motifs is 1. The highest BCUT2D eigenvalue weighted by Crippen LogP contribution is 2.31. The average molecular weight is 366 g/mol.